The molecule has 19 heavy (non-hydrogen) atoms. The molecule has 1 unspecified atom stereocenters. The summed E-state index contributed by atoms with van der Waals surface area (Å²) in [7, 11) is -4.47. The van der Waals surface area contributed by atoms with E-state index in [0.29, 0.717) is 23.4 Å². The van der Waals surface area contributed by atoms with E-state index in [0.717, 1.165) is 5.56 Å². The predicted octanol–water partition coefficient (Wildman–Crippen LogP) is 0.933. The molecule has 0 spiro atoms. The van der Waals surface area contributed by atoms with Crippen LogP contribution in [0.1, 0.15) is 17.5 Å². The second kappa shape index (κ2) is 6.49. The highest BCUT2D eigenvalue weighted by Crippen LogP contribution is 2.22. The first-order valence-electron chi connectivity index (χ1n) is 5.90. The third-order valence-electron chi connectivity index (χ3n) is 2.73. The van der Waals surface area contributed by atoms with E-state index in [1.54, 1.807) is 32.2 Å². The van der Waals surface area contributed by atoms with Crippen molar-refractivity contribution < 1.29 is 12.6 Å². The molecule has 0 aliphatic carbocycles. The minimum atomic E-state index is -3.56. The first-order chi connectivity index (χ1) is 8.74. The molecule has 0 aliphatic heterocycles. The number of anilines is 1. The molecule has 1 aromatic carbocycles. The number of sulfonamides is 1. The second-order valence-electron chi connectivity index (χ2n) is 4.51. The number of aryl methyl sites for hydroxylation is 1. The fraction of sp³-hybridized carbons (Fsp3) is 0.500. The van der Waals surface area contributed by atoms with Crippen LogP contribution in [0.5, 0.6) is 0 Å². The van der Waals surface area contributed by atoms with Crippen LogP contribution in [0.3, 0.4) is 0 Å². The molecule has 108 valence electrons. The monoisotopic (exact) mass is 304 g/mol. The van der Waals surface area contributed by atoms with Crippen molar-refractivity contribution in [2.45, 2.75) is 25.2 Å². The van der Waals surface area contributed by atoms with E-state index < -0.39 is 20.8 Å². The molecule has 1 rings (SSSR count). The molecule has 0 aliphatic rings. The predicted molar refractivity (Wildman–Crippen MR) is 79.1 cm³/mol. The smallest absolute Gasteiger partial charge is 0.240 e. The van der Waals surface area contributed by atoms with Crippen LogP contribution in [0, 0.1) is 13.8 Å². The van der Waals surface area contributed by atoms with E-state index in [-0.39, 0.29) is 11.4 Å². The summed E-state index contributed by atoms with van der Waals surface area (Å²) < 4.78 is 37.7. The highest BCUT2D eigenvalue weighted by atomic mass is 32.2. The minimum Gasteiger partial charge on any atom is -0.398 e. The SMILES string of the molecule is Cc1cc(N)c(C)c(S(=O)(=O)NCCCS(C)=O)c1. The zero-order valence-corrected chi connectivity index (χ0v) is 13.0. The van der Waals surface area contributed by atoms with Crippen LogP contribution < -0.4 is 10.5 Å². The number of rotatable bonds is 6. The Kier molecular flexibility index (Phi) is 5.51. The largest absolute Gasteiger partial charge is 0.398 e. The van der Waals surface area contributed by atoms with Gasteiger partial charge >= 0.3 is 0 Å². The van der Waals surface area contributed by atoms with Gasteiger partial charge in [-0.3, -0.25) is 4.21 Å². The number of nitrogens with one attached hydrogen (secondary N) is 1. The van der Waals surface area contributed by atoms with E-state index in [9.17, 15) is 12.6 Å². The van der Waals surface area contributed by atoms with Crippen LogP contribution in [0.4, 0.5) is 5.69 Å². The molecule has 0 fully saturated rings. The molecule has 1 atom stereocenters. The molecule has 0 amide bonds. The molecular formula is C12H20N2O3S2. The van der Waals surface area contributed by atoms with E-state index >= 15 is 0 Å². The van der Waals surface area contributed by atoms with Crippen molar-refractivity contribution in [3.8, 4) is 0 Å². The Morgan fingerprint density at radius 3 is 2.53 bits per heavy atom. The lowest BCUT2D eigenvalue weighted by Crippen LogP contribution is -2.26. The van der Waals surface area contributed by atoms with Crippen LogP contribution in [-0.4, -0.2) is 31.2 Å². The summed E-state index contributed by atoms with van der Waals surface area (Å²) in [6.45, 7) is 3.76. The maximum Gasteiger partial charge on any atom is 0.240 e. The summed E-state index contributed by atoms with van der Waals surface area (Å²) in [5.41, 5.74) is 7.60. The molecule has 5 nitrogen and oxygen atoms in total. The highest BCUT2D eigenvalue weighted by molar-refractivity contribution is 7.89. The van der Waals surface area contributed by atoms with Gasteiger partial charge < -0.3 is 5.73 Å². The van der Waals surface area contributed by atoms with E-state index in [1.807, 2.05) is 0 Å². The molecule has 0 aromatic heterocycles. The van der Waals surface area contributed by atoms with E-state index in [4.69, 9.17) is 5.73 Å². The van der Waals surface area contributed by atoms with Crippen molar-refractivity contribution in [1.29, 1.82) is 0 Å². The first-order valence-corrected chi connectivity index (χ1v) is 9.11. The van der Waals surface area contributed by atoms with Crippen molar-refractivity contribution in [3.05, 3.63) is 23.3 Å². The second-order valence-corrected chi connectivity index (χ2v) is 7.80. The number of hydrogen-bond acceptors (Lipinski definition) is 4. The zero-order valence-electron chi connectivity index (χ0n) is 11.4. The van der Waals surface area contributed by atoms with Gasteiger partial charge in [-0.25, -0.2) is 13.1 Å². The number of nitrogen functional groups attached to an aromatic ring is 1. The highest BCUT2D eigenvalue weighted by Gasteiger charge is 2.18. The normalized spacial score (nSPS) is 13.4. The maximum absolute atomic E-state index is 12.2. The summed E-state index contributed by atoms with van der Waals surface area (Å²) in [6, 6.07) is 3.35. The molecule has 1 aromatic rings. The number of nitrogens with two attached hydrogens (primary N) is 1. The number of benzene rings is 1. The van der Waals surface area contributed by atoms with Gasteiger partial charge in [0.25, 0.3) is 0 Å². The number of hydrogen-bond donors (Lipinski definition) is 2. The van der Waals surface area contributed by atoms with Crippen molar-refractivity contribution in [1.82, 2.24) is 4.72 Å². The lowest BCUT2D eigenvalue weighted by atomic mass is 10.1. The summed E-state index contributed by atoms with van der Waals surface area (Å²) in [4.78, 5) is 0.211. The van der Waals surface area contributed by atoms with Crippen molar-refractivity contribution in [2.75, 3.05) is 24.3 Å². The fourth-order valence-corrected chi connectivity index (χ4v) is 3.67. The third kappa shape index (κ3) is 4.59. The Bertz CT molecular complexity index is 583. The van der Waals surface area contributed by atoms with Gasteiger partial charge in [-0.1, -0.05) is 0 Å². The molecule has 0 saturated heterocycles. The third-order valence-corrected chi connectivity index (χ3v) is 5.19. The van der Waals surface area contributed by atoms with E-state index in [1.165, 1.54) is 0 Å². The molecule has 0 bridgehead atoms. The Balaban J connectivity index is 2.86. The Morgan fingerprint density at radius 1 is 1.32 bits per heavy atom. The van der Waals surface area contributed by atoms with Crippen LogP contribution in [0.2, 0.25) is 0 Å². The van der Waals surface area contributed by atoms with Gasteiger partial charge in [0.05, 0.1) is 4.90 Å². The molecule has 0 heterocycles. The molecule has 0 saturated carbocycles. The standard InChI is InChI=1S/C12H20N2O3S2/c1-9-7-11(13)10(2)12(8-9)19(16,17)14-5-4-6-18(3)15/h7-8,14H,4-6,13H2,1-3H3. The average Bonchev–Trinajstić information content (AvgIpc) is 2.29. The van der Waals surface area contributed by atoms with Gasteiger partial charge in [-0.05, 0) is 43.5 Å². The molecular weight excluding hydrogens is 284 g/mol. The van der Waals surface area contributed by atoms with Gasteiger partial charge in [0.15, 0.2) is 0 Å². The Labute approximate surface area is 117 Å². The Hall–Kier alpha value is -0.920. The quantitative estimate of drug-likeness (QED) is 0.604. The topological polar surface area (TPSA) is 89.3 Å². The van der Waals surface area contributed by atoms with Crippen LogP contribution >= 0.6 is 0 Å². The summed E-state index contributed by atoms with van der Waals surface area (Å²) >= 11 is 0. The molecule has 0 radical (unpaired) electrons. The maximum atomic E-state index is 12.2. The molecule has 3 N–H and O–H groups in total. The summed E-state index contributed by atoms with van der Waals surface area (Å²) in [6.07, 6.45) is 2.14. The van der Waals surface area contributed by atoms with Gasteiger partial charge in [0, 0.05) is 35.0 Å². The van der Waals surface area contributed by atoms with Crippen molar-refractivity contribution >= 4 is 26.5 Å². The van der Waals surface area contributed by atoms with Gasteiger partial charge in [-0.2, -0.15) is 0 Å². The van der Waals surface area contributed by atoms with Crippen LogP contribution in [-0.2, 0) is 20.8 Å². The van der Waals surface area contributed by atoms with Crippen molar-refractivity contribution in [3.63, 3.8) is 0 Å². The summed E-state index contributed by atoms with van der Waals surface area (Å²) in [5, 5.41) is 0. The van der Waals surface area contributed by atoms with Crippen molar-refractivity contribution in [2.24, 2.45) is 0 Å². The average molecular weight is 304 g/mol. The lowest BCUT2D eigenvalue weighted by Gasteiger charge is -2.12. The van der Waals surface area contributed by atoms with Crippen LogP contribution in [0.15, 0.2) is 17.0 Å². The van der Waals surface area contributed by atoms with E-state index in [2.05, 4.69) is 4.72 Å². The first kappa shape index (κ1) is 16.1. The molecule has 7 heteroatoms. The Morgan fingerprint density at radius 2 is 1.95 bits per heavy atom. The van der Waals surface area contributed by atoms with Gasteiger partial charge in [-0.15, -0.1) is 0 Å². The van der Waals surface area contributed by atoms with Crippen LogP contribution in [0.25, 0.3) is 0 Å². The van der Waals surface area contributed by atoms with Gasteiger partial charge in [0.2, 0.25) is 10.0 Å². The lowest BCUT2D eigenvalue weighted by molar-refractivity contribution is 0.580. The zero-order chi connectivity index (χ0) is 14.6. The fourth-order valence-electron chi connectivity index (χ4n) is 1.69. The summed E-state index contributed by atoms with van der Waals surface area (Å²) in [5.74, 6) is 0.484. The van der Waals surface area contributed by atoms with Gasteiger partial charge in [0.1, 0.15) is 0 Å². The minimum absolute atomic E-state index is 0.211.